The maximum Gasteiger partial charge on any atom is 0.295 e. The molecule has 1 N–H and O–H groups in total. The van der Waals surface area contributed by atoms with Crippen molar-refractivity contribution in [3.8, 4) is 17.2 Å². The third-order valence-corrected chi connectivity index (χ3v) is 5.99. The second kappa shape index (κ2) is 11.0. The minimum atomic E-state index is -0.769. The van der Waals surface area contributed by atoms with Crippen LogP contribution in [0.4, 0.5) is 0 Å². The van der Waals surface area contributed by atoms with Crippen molar-refractivity contribution in [1.29, 1.82) is 0 Å². The molecule has 1 amide bonds. The molecule has 7 heteroatoms. The maximum absolute atomic E-state index is 13.3. The number of carbonyl (C=O) groups excluding carboxylic acids is 2. The van der Waals surface area contributed by atoms with Crippen molar-refractivity contribution in [2.24, 2.45) is 0 Å². The molecule has 1 saturated heterocycles. The van der Waals surface area contributed by atoms with E-state index < -0.39 is 17.7 Å². The molecule has 1 aliphatic rings. The molecule has 3 aromatic rings. The summed E-state index contributed by atoms with van der Waals surface area (Å²) in [4.78, 5) is 28.1. The third kappa shape index (κ3) is 4.91. The van der Waals surface area contributed by atoms with Crippen LogP contribution in [0.2, 0.25) is 0 Å². The number of methoxy groups -OCH3 is 1. The quantitative estimate of drug-likeness (QED) is 0.256. The number of benzene rings is 3. The molecular formula is C29H29NO6. The van der Waals surface area contributed by atoms with Gasteiger partial charge in [-0.05, 0) is 49.2 Å². The molecule has 3 aromatic carbocycles. The molecule has 36 heavy (non-hydrogen) atoms. The fraction of sp³-hybridized carbons (Fsp3) is 0.241. The summed E-state index contributed by atoms with van der Waals surface area (Å²) in [7, 11) is 1.58. The normalized spacial score (nSPS) is 16.8. The van der Waals surface area contributed by atoms with Crippen LogP contribution in [0.3, 0.4) is 0 Å². The number of likely N-dealkylation sites (tertiary alicyclic amines) is 1. The Morgan fingerprint density at radius 3 is 2.19 bits per heavy atom. The third-order valence-electron chi connectivity index (χ3n) is 5.99. The number of Topliss-reactive ketones (excluding diaryl/α,β-unsaturated/α-hetero) is 1. The van der Waals surface area contributed by atoms with Crippen molar-refractivity contribution in [2.75, 3.05) is 20.3 Å². The van der Waals surface area contributed by atoms with Gasteiger partial charge in [-0.25, -0.2) is 0 Å². The second-order valence-electron chi connectivity index (χ2n) is 8.21. The zero-order valence-corrected chi connectivity index (χ0v) is 20.6. The number of carbonyl (C=O) groups is 2. The standard InChI is InChI=1S/C29H29NO6/c1-4-35-22-15-16-23(24(17-22)36-5-2)27(31)25-26(20-9-7-6-8-10-20)30(29(33)28(25)32)18-19-11-13-21(34-3)14-12-19/h6-17,26,31H,4-5,18H2,1-3H3/b27-25-. The van der Waals surface area contributed by atoms with Gasteiger partial charge >= 0.3 is 0 Å². The number of ketones is 1. The van der Waals surface area contributed by atoms with Crippen LogP contribution in [-0.4, -0.2) is 42.0 Å². The second-order valence-corrected chi connectivity index (χ2v) is 8.21. The Morgan fingerprint density at radius 1 is 0.889 bits per heavy atom. The molecule has 0 saturated carbocycles. The first kappa shape index (κ1) is 24.9. The Balaban J connectivity index is 1.83. The Morgan fingerprint density at radius 2 is 1.56 bits per heavy atom. The fourth-order valence-corrected chi connectivity index (χ4v) is 4.33. The van der Waals surface area contributed by atoms with Crippen LogP contribution in [0.15, 0.2) is 78.4 Å². The Kier molecular flexibility index (Phi) is 7.59. The van der Waals surface area contributed by atoms with Crippen LogP contribution in [0.5, 0.6) is 17.2 Å². The molecular weight excluding hydrogens is 458 g/mol. The molecule has 7 nitrogen and oxygen atoms in total. The molecule has 1 atom stereocenters. The van der Waals surface area contributed by atoms with E-state index in [9.17, 15) is 14.7 Å². The van der Waals surface area contributed by atoms with Gasteiger partial charge in [-0.3, -0.25) is 9.59 Å². The highest BCUT2D eigenvalue weighted by molar-refractivity contribution is 6.46. The molecule has 1 unspecified atom stereocenters. The van der Waals surface area contributed by atoms with Gasteiger partial charge < -0.3 is 24.2 Å². The van der Waals surface area contributed by atoms with E-state index in [1.165, 1.54) is 4.90 Å². The SMILES string of the molecule is CCOc1ccc(/C(O)=C2/C(=O)C(=O)N(Cc3ccc(OC)cc3)C2c2ccccc2)c(OCC)c1. The number of hydrogen-bond acceptors (Lipinski definition) is 6. The van der Waals surface area contributed by atoms with Crippen molar-refractivity contribution >= 4 is 17.4 Å². The van der Waals surface area contributed by atoms with Gasteiger partial charge in [-0.15, -0.1) is 0 Å². The number of rotatable bonds is 9. The molecule has 0 spiro atoms. The van der Waals surface area contributed by atoms with Gasteiger partial charge in [0.2, 0.25) is 0 Å². The number of ether oxygens (including phenoxy) is 3. The molecule has 0 radical (unpaired) electrons. The summed E-state index contributed by atoms with van der Waals surface area (Å²) in [5, 5.41) is 11.5. The van der Waals surface area contributed by atoms with Crippen LogP contribution < -0.4 is 14.2 Å². The van der Waals surface area contributed by atoms with Crippen molar-refractivity contribution in [1.82, 2.24) is 4.90 Å². The predicted octanol–water partition coefficient (Wildman–Crippen LogP) is 5.11. The van der Waals surface area contributed by atoms with E-state index in [2.05, 4.69) is 0 Å². The zero-order valence-electron chi connectivity index (χ0n) is 20.6. The largest absolute Gasteiger partial charge is 0.507 e. The summed E-state index contributed by atoms with van der Waals surface area (Å²) >= 11 is 0. The summed E-state index contributed by atoms with van der Waals surface area (Å²) < 4.78 is 16.5. The maximum atomic E-state index is 13.3. The molecule has 1 fully saturated rings. The van der Waals surface area contributed by atoms with Crippen LogP contribution in [0, 0.1) is 0 Å². The summed E-state index contributed by atoms with van der Waals surface area (Å²) in [6, 6.07) is 20.8. The number of amides is 1. The first-order valence-electron chi connectivity index (χ1n) is 11.8. The lowest BCUT2D eigenvalue weighted by Gasteiger charge is -2.25. The van der Waals surface area contributed by atoms with E-state index in [1.54, 1.807) is 37.4 Å². The number of hydrogen-bond donors (Lipinski definition) is 1. The molecule has 0 bridgehead atoms. The van der Waals surface area contributed by atoms with Crippen LogP contribution >= 0.6 is 0 Å². The van der Waals surface area contributed by atoms with E-state index >= 15 is 0 Å². The van der Waals surface area contributed by atoms with Crippen LogP contribution in [0.1, 0.15) is 36.6 Å². The zero-order chi connectivity index (χ0) is 25.7. The van der Waals surface area contributed by atoms with Gasteiger partial charge in [-0.2, -0.15) is 0 Å². The van der Waals surface area contributed by atoms with Crippen molar-refractivity contribution in [3.63, 3.8) is 0 Å². The highest BCUT2D eigenvalue weighted by Gasteiger charge is 2.46. The van der Waals surface area contributed by atoms with Gasteiger partial charge in [0.05, 0.1) is 37.5 Å². The van der Waals surface area contributed by atoms with Gasteiger partial charge in [0.1, 0.15) is 23.0 Å². The van der Waals surface area contributed by atoms with E-state index in [0.717, 1.165) is 11.1 Å². The predicted molar refractivity (Wildman–Crippen MR) is 136 cm³/mol. The van der Waals surface area contributed by atoms with Crippen molar-refractivity contribution in [3.05, 3.63) is 95.1 Å². The lowest BCUT2D eigenvalue weighted by molar-refractivity contribution is -0.140. The minimum Gasteiger partial charge on any atom is -0.507 e. The highest BCUT2D eigenvalue weighted by atomic mass is 16.5. The van der Waals surface area contributed by atoms with E-state index in [1.807, 2.05) is 56.3 Å². The number of aliphatic hydroxyl groups excluding tert-OH is 1. The summed E-state index contributed by atoms with van der Waals surface area (Å²) in [5.41, 5.74) is 1.89. The minimum absolute atomic E-state index is 0.0184. The molecule has 0 aliphatic carbocycles. The first-order valence-corrected chi connectivity index (χ1v) is 11.8. The fourth-order valence-electron chi connectivity index (χ4n) is 4.33. The van der Waals surface area contributed by atoms with Crippen LogP contribution in [-0.2, 0) is 16.1 Å². The molecule has 186 valence electrons. The lowest BCUT2D eigenvalue weighted by atomic mass is 9.95. The lowest BCUT2D eigenvalue weighted by Crippen LogP contribution is -2.29. The van der Waals surface area contributed by atoms with Gasteiger partial charge in [0.15, 0.2) is 0 Å². The Bertz CT molecular complexity index is 1270. The van der Waals surface area contributed by atoms with Gasteiger partial charge in [-0.1, -0.05) is 42.5 Å². The molecule has 1 heterocycles. The average molecular weight is 488 g/mol. The van der Waals surface area contributed by atoms with E-state index in [4.69, 9.17) is 14.2 Å². The van der Waals surface area contributed by atoms with E-state index in [0.29, 0.717) is 36.0 Å². The van der Waals surface area contributed by atoms with Gasteiger partial charge in [0, 0.05) is 12.6 Å². The van der Waals surface area contributed by atoms with Crippen molar-refractivity contribution < 1.29 is 28.9 Å². The highest BCUT2D eigenvalue weighted by Crippen LogP contribution is 2.42. The average Bonchev–Trinajstić information content (AvgIpc) is 3.15. The molecule has 0 aromatic heterocycles. The summed E-state index contributed by atoms with van der Waals surface area (Å²) in [6.07, 6.45) is 0. The topological polar surface area (TPSA) is 85.3 Å². The molecule has 4 rings (SSSR count). The van der Waals surface area contributed by atoms with Gasteiger partial charge in [0.25, 0.3) is 11.7 Å². The van der Waals surface area contributed by atoms with Crippen LogP contribution in [0.25, 0.3) is 5.76 Å². The smallest absolute Gasteiger partial charge is 0.295 e. The first-order chi connectivity index (χ1) is 17.5. The molecule has 1 aliphatic heterocycles. The number of nitrogens with zero attached hydrogens (tertiary/aromatic N) is 1. The number of aliphatic hydroxyl groups is 1. The summed E-state index contributed by atoms with van der Waals surface area (Å²) in [5.74, 6) is -0.0622. The Hall–Kier alpha value is -4.26. The monoisotopic (exact) mass is 487 g/mol. The van der Waals surface area contributed by atoms with E-state index in [-0.39, 0.29) is 17.9 Å². The Labute approximate surface area is 210 Å². The van der Waals surface area contributed by atoms with Crippen molar-refractivity contribution in [2.45, 2.75) is 26.4 Å². The summed E-state index contributed by atoms with van der Waals surface area (Å²) in [6.45, 7) is 4.71.